The van der Waals surface area contributed by atoms with Crippen LogP contribution in [0, 0.1) is 0 Å². The predicted molar refractivity (Wildman–Crippen MR) is 81.4 cm³/mol. The molecule has 0 saturated carbocycles. The predicted octanol–water partition coefficient (Wildman–Crippen LogP) is 4.18. The summed E-state index contributed by atoms with van der Waals surface area (Å²) in [5.41, 5.74) is 2.65. The van der Waals surface area contributed by atoms with Gasteiger partial charge in [-0.2, -0.15) is 0 Å². The van der Waals surface area contributed by atoms with Crippen molar-refractivity contribution in [2.45, 2.75) is 19.3 Å². The van der Waals surface area contributed by atoms with Crippen molar-refractivity contribution >= 4 is 12.0 Å². The van der Waals surface area contributed by atoms with E-state index < -0.39 is 5.97 Å². The monoisotopic (exact) mass is 266 g/mol. The van der Waals surface area contributed by atoms with Crippen LogP contribution in [0.4, 0.5) is 0 Å². The summed E-state index contributed by atoms with van der Waals surface area (Å²) in [5.74, 6) is -0.832. The fourth-order valence-corrected chi connectivity index (χ4v) is 2.12. The van der Waals surface area contributed by atoms with E-state index in [2.05, 4.69) is 12.1 Å². The molecule has 2 heteroatoms. The van der Waals surface area contributed by atoms with Crippen LogP contribution in [-0.2, 0) is 11.2 Å². The van der Waals surface area contributed by atoms with Crippen molar-refractivity contribution in [2.24, 2.45) is 0 Å². The molecule has 0 atom stereocenters. The average molecular weight is 266 g/mol. The molecule has 0 aliphatic carbocycles. The molecule has 1 N–H and O–H groups in total. The van der Waals surface area contributed by atoms with Crippen LogP contribution in [0.25, 0.3) is 6.08 Å². The Morgan fingerprint density at radius 1 is 0.950 bits per heavy atom. The Morgan fingerprint density at radius 3 is 2.15 bits per heavy atom. The molecule has 2 aromatic rings. The van der Waals surface area contributed by atoms with Gasteiger partial charge < -0.3 is 5.11 Å². The van der Waals surface area contributed by atoms with Gasteiger partial charge >= 0.3 is 5.97 Å². The van der Waals surface area contributed by atoms with Gasteiger partial charge in [0.2, 0.25) is 0 Å². The number of carboxylic acids is 1. The zero-order chi connectivity index (χ0) is 14.2. The molecule has 0 aliphatic rings. The summed E-state index contributed by atoms with van der Waals surface area (Å²) in [4.78, 5) is 11.3. The van der Waals surface area contributed by atoms with Crippen LogP contribution in [0.3, 0.4) is 0 Å². The lowest BCUT2D eigenvalue weighted by Crippen LogP contribution is -2.01. The first-order valence-electron chi connectivity index (χ1n) is 6.78. The van der Waals surface area contributed by atoms with Crippen molar-refractivity contribution in [1.29, 1.82) is 0 Å². The van der Waals surface area contributed by atoms with Crippen molar-refractivity contribution in [3.63, 3.8) is 0 Å². The molecule has 2 rings (SSSR count). The van der Waals surface area contributed by atoms with Crippen molar-refractivity contribution in [3.05, 3.63) is 77.4 Å². The summed E-state index contributed by atoms with van der Waals surface area (Å²) in [7, 11) is 0. The number of aliphatic carboxylic acids is 1. The first-order valence-corrected chi connectivity index (χ1v) is 6.78. The van der Waals surface area contributed by atoms with Crippen molar-refractivity contribution < 1.29 is 9.90 Å². The maximum atomic E-state index is 11.3. The minimum atomic E-state index is -0.832. The quantitative estimate of drug-likeness (QED) is 0.796. The second-order valence-electron chi connectivity index (χ2n) is 4.72. The van der Waals surface area contributed by atoms with Gasteiger partial charge in [0.25, 0.3) is 0 Å². The lowest BCUT2D eigenvalue weighted by Gasteiger charge is -2.04. The number of hydrogen-bond donors (Lipinski definition) is 1. The third kappa shape index (κ3) is 4.39. The van der Waals surface area contributed by atoms with E-state index >= 15 is 0 Å². The number of aryl methyl sites for hydroxylation is 1. The molecule has 0 radical (unpaired) electrons. The van der Waals surface area contributed by atoms with E-state index in [1.54, 1.807) is 6.08 Å². The molecule has 2 nitrogen and oxygen atoms in total. The zero-order valence-corrected chi connectivity index (χ0v) is 11.3. The molecular weight excluding hydrogens is 248 g/mol. The molecule has 20 heavy (non-hydrogen) atoms. The van der Waals surface area contributed by atoms with Crippen LogP contribution in [0.2, 0.25) is 0 Å². The number of hydrogen-bond acceptors (Lipinski definition) is 1. The summed E-state index contributed by atoms with van der Waals surface area (Å²) >= 11 is 0. The van der Waals surface area contributed by atoms with Gasteiger partial charge in [-0.1, -0.05) is 60.7 Å². The van der Waals surface area contributed by atoms with Gasteiger partial charge in [0.1, 0.15) is 0 Å². The maximum absolute atomic E-state index is 11.3. The van der Waals surface area contributed by atoms with Gasteiger partial charge in [-0.25, -0.2) is 4.79 Å². The van der Waals surface area contributed by atoms with Crippen LogP contribution >= 0.6 is 0 Å². The van der Waals surface area contributed by atoms with Crippen LogP contribution in [0.15, 0.2) is 66.2 Å². The van der Waals surface area contributed by atoms with Crippen LogP contribution in [0.5, 0.6) is 0 Å². The molecule has 0 saturated heterocycles. The minimum Gasteiger partial charge on any atom is -0.478 e. The lowest BCUT2D eigenvalue weighted by atomic mass is 10.0. The van der Waals surface area contributed by atoms with Crippen LogP contribution in [0.1, 0.15) is 24.0 Å². The van der Waals surface area contributed by atoms with Gasteiger partial charge in [-0.15, -0.1) is 0 Å². The minimum absolute atomic E-state index is 0.465. The molecular formula is C18H18O2. The first-order chi connectivity index (χ1) is 9.75. The summed E-state index contributed by atoms with van der Waals surface area (Å²) in [5, 5.41) is 9.26. The van der Waals surface area contributed by atoms with Gasteiger partial charge in [0.05, 0.1) is 0 Å². The van der Waals surface area contributed by atoms with E-state index in [1.165, 1.54) is 5.56 Å². The molecule has 0 heterocycles. The number of benzene rings is 2. The highest BCUT2D eigenvalue weighted by molar-refractivity contribution is 5.92. The number of carboxylic acid groups (broad SMARTS) is 1. The molecule has 0 spiro atoms. The number of rotatable bonds is 6. The van der Waals surface area contributed by atoms with Crippen LogP contribution in [-0.4, -0.2) is 11.1 Å². The van der Waals surface area contributed by atoms with E-state index in [0.29, 0.717) is 12.0 Å². The Bertz CT molecular complexity index is 571. The fourth-order valence-electron chi connectivity index (χ4n) is 2.12. The fraction of sp³-hybridized carbons (Fsp3) is 0.167. The van der Waals surface area contributed by atoms with Crippen molar-refractivity contribution in [2.75, 3.05) is 0 Å². The molecule has 0 amide bonds. The molecule has 0 aromatic heterocycles. The maximum Gasteiger partial charge on any atom is 0.331 e. The van der Waals surface area contributed by atoms with Crippen molar-refractivity contribution in [3.8, 4) is 0 Å². The average Bonchev–Trinajstić information content (AvgIpc) is 2.48. The summed E-state index contributed by atoms with van der Waals surface area (Å²) in [6.45, 7) is 0. The van der Waals surface area contributed by atoms with E-state index in [-0.39, 0.29) is 0 Å². The third-order valence-electron chi connectivity index (χ3n) is 3.17. The Labute approximate surface area is 119 Å². The summed E-state index contributed by atoms with van der Waals surface area (Å²) < 4.78 is 0. The normalized spacial score (nSPS) is 11.3. The Kier molecular flexibility index (Phi) is 5.13. The Morgan fingerprint density at radius 2 is 1.55 bits per heavy atom. The second-order valence-corrected chi connectivity index (χ2v) is 4.72. The van der Waals surface area contributed by atoms with E-state index in [4.69, 9.17) is 0 Å². The molecule has 0 unspecified atom stereocenters. The highest BCUT2D eigenvalue weighted by Gasteiger charge is 2.07. The molecule has 102 valence electrons. The first kappa shape index (κ1) is 14.1. The van der Waals surface area contributed by atoms with Gasteiger partial charge in [0.15, 0.2) is 0 Å². The highest BCUT2D eigenvalue weighted by Crippen LogP contribution is 2.14. The highest BCUT2D eigenvalue weighted by atomic mass is 16.4. The standard InChI is InChI=1S/C18H18O2/c19-18(20)17(14-16-10-5-2-6-11-16)13-7-12-15-8-3-1-4-9-15/h1-6,8-11,14H,7,12-13H2,(H,19,20). The lowest BCUT2D eigenvalue weighted by molar-refractivity contribution is -0.132. The van der Waals surface area contributed by atoms with Crippen molar-refractivity contribution in [1.82, 2.24) is 0 Å². The molecule has 2 aromatic carbocycles. The SMILES string of the molecule is O=C(O)C(=Cc1ccccc1)CCCc1ccccc1. The summed E-state index contributed by atoms with van der Waals surface area (Å²) in [6.07, 6.45) is 4.08. The topological polar surface area (TPSA) is 37.3 Å². The number of carbonyl (C=O) groups is 1. The molecule has 0 aliphatic heterocycles. The zero-order valence-electron chi connectivity index (χ0n) is 11.3. The molecule has 0 bridgehead atoms. The third-order valence-corrected chi connectivity index (χ3v) is 3.17. The van der Waals surface area contributed by atoms with Gasteiger partial charge in [-0.05, 0) is 36.5 Å². The Balaban J connectivity index is 1.97. The van der Waals surface area contributed by atoms with Gasteiger partial charge in [0, 0.05) is 5.57 Å². The summed E-state index contributed by atoms with van der Waals surface area (Å²) in [6, 6.07) is 19.7. The van der Waals surface area contributed by atoms with Crippen LogP contribution < -0.4 is 0 Å². The largest absolute Gasteiger partial charge is 0.478 e. The van der Waals surface area contributed by atoms with Gasteiger partial charge in [-0.3, -0.25) is 0 Å². The Hall–Kier alpha value is -2.35. The smallest absolute Gasteiger partial charge is 0.331 e. The molecule has 0 fully saturated rings. The second kappa shape index (κ2) is 7.29. The van der Waals surface area contributed by atoms with E-state index in [1.807, 2.05) is 48.5 Å². The van der Waals surface area contributed by atoms with E-state index in [9.17, 15) is 9.90 Å². The van der Waals surface area contributed by atoms with E-state index in [0.717, 1.165) is 18.4 Å².